The van der Waals surface area contributed by atoms with Crippen molar-refractivity contribution in [1.29, 1.82) is 0 Å². The Kier molecular flexibility index (Phi) is 5.47. The van der Waals surface area contributed by atoms with E-state index in [-0.39, 0.29) is 18.4 Å². The lowest BCUT2D eigenvalue weighted by Gasteiger charge is -2.14. The molecular weight excluding hydrogens is 368 g/mol. The molecule has 5 nitrogen and oxygen atoms in total. The van der Waals surface area contributed by atoms with Gasteiger partial charge in [0.1, 0.15) is 0 Å². The molecule has 26 heavy (non-hydrogen) atoms. The number of rotatable bonds is 5. The van der Waals surface area contributed by atoms with Crippen LogP contribution in [-0.2, 0) is 23.5 Å². The molecule has 0 radical (unpaired) electrons. The van der Waals surface area contributed by atoms with Gasteiger partial charge in [-0.25, -0.2) is 9.78 Å². The number of halogens is 6. The number of carbonyl (C=O) groups is 1. The molecule has 1 heterocycles. The number of aromatic nitrogens is 2. The summed E-state index contributed by atoms with van der Waals surface area (Å²) in [5.41, 5.74) is 2.05. The minimum absolute atomic E-state index is 0.0178. The average Bonchev–Trinajstić information content (AvgIpc) is 2.98. The third-order valence-electron chi connectivity index (χ3n) is 3.33. The van der Waals surface area contributed by atoms with Gasteiger partial charge in [0.2, 0.25) is 0 Å². The van der Waals surface area contributed by atoms with Gasteiger partial charge in [-0.15, -0.1) is 0 Å². The van der Waals surface area contributed by atoms with Crippen LogP contribution in [0.5, 0.6) is 0 Å². The maximum atomic E-state index is 12.9. The topological polar surface area (TPSA) is 70.1 Å². The fourth-order valence-corrected chi connectivity index (χ4v) is 2.15. The molecule has 2 aromatic rings. The Labute approximate surface area is 143 Å². The fourth-order valence-electron chi connectivity index (χ4n) is 2.15. The van der Waals surface area contributed by atoms with Crippen LogP contribution in [0, 0.1) is 0 Å². The van der Waals surface area contributed by atoms with Gasteiger partial charge in [-0.2, -0.15) is 26.3 Å². The summed E-state index contributed by atoms with van der Waals surface area (Å²) in [6.07, 6.45) is -7.74. The first-order valence-corrected chi connectivity index (χ1v) is 7.22. The number of nitrogens with two attached hydrogens (primary N) is 1. The fraction of sp³-hybridized carbons (Fsp3) is 0.333. The summed E-state index contributed by atoms with van der Waals surface area (Å²) in [5.74, 6) is 0. The van der Waals surface area contributed by atoms with E-state index in [1.54, 1.807) is 0 Å². The summed E-state index contributed by atoms with van der Waals surface area (Å²) in [6.45, 7) is 0.0178. The number of amides is 1. The zero-order valence-corrected chi connectivity index (χ0v) is 13.1. The van der Waals surface area contributed by atoms with Crippen molar-refractivity contribution < 1.29 is 35.9 Å². The maximum absolute atomic E-state index is 12.9. The van der Waals surface area contributed by atoms with Crippen LogP contribution in [0.1, 0.15) is 23.2 Å². The lowest BCUT2D eigenvalue weighted by molar-refractivity contribution is -0.143. The first kappa shape index (κ1) is 19.6. The molecule has 11 heteroatoms. The number of aryl methyl sites for hydroxylation is 1. The lowest BCUT2D eigenvalue weighted by atomic mass is 10.1. The molecule has 0 saturated carbocycles. The Bertz CT molecular complexity index is 750. The average molecular weight is 381 g/mol. The Hall–Kier alpha value is -2.72. The second kappa shape index (κ2) is 7.26. The van der Waals surface area contributed by atoms with Gasteiger partial charge in [0, 0.05) is 11.9 Å². The van der Waals surface area contributed by atoms with E-state index in [0.717, 1.165) is 10.9 Å². The summed E-state index contributed by atoms with van der Waals surface area (Å²) < 4.78 is 82.9. The largest absolute Gasteiger partial charge is 0.450 e. The van der Waals surface area contributed by atoms with E-state index in [1.165, 1.54) is 6.20 Å². The number of imidazole rings is 1. The van der Waals surface area contributed by atoms with Crippen molar-refractivity contribution in [3.63, 3.8) is 0 Å². The third kappa shape index (κ3) is 5.14. The number of benzene rings is 1. The van der Waals surface area contributed by atoms with Gasteiger partial charge in [-0.3, -0.25) is 0 Å². The normalized spacial score (nSPS) is 12.2. The molecule has 0 saturated heterocycles. The second-order valence-electron chi connectivity index (χ2n) is 5.31. The molecule has 0 spiro atoms. The van der Waals surface area contributed by atoms with Crippen LogP contribution in [0.2, 0.25) is 0 Å². The summed E-state index contributed by atoms with van der Waals surface area (Å²) >= 11 is 0. The van der Waals surface area contributed by atoms with Gasteiger partial charge in [-0.1, -0.05) is 0 Å². The smallest absolute Gasteiger partial charge is 0.416 e. The maximum Gasteiger partial charge on any atom is 0.416 e. The van der Waals surface area contributed by atoms with E-state index in [9.17, 15) is 31.1 Å². The van der Waals surface area contributed by atoms with E-state index in [1.807, 2.05) is 0 Å². The highest BCUT2D eigenvalue weighted by atomic mass is 19.4. The predicted molar refractivity (Wildman–Crippen MR) is 77.4 cm³/mol. The molecule has 142 valence electrons. The van der Waals surface area contributed by atoms with E-state index in [4.69, 9.17) is 5.73 Å². The summed E-state index contributed by atoms with van der Waals surface area (Å²) in [4.78, 5) is 14.3. The number of nitrogens with zero attached hydrogens (tertiary/aromatic N) is 2. The minimum atomic E-state index is -4.93. The van der Waals surface area contributed by atoms with Crippen LogP contribution >= 0.6 is 0 Å². The molecule has 0 unspecified atom stereocenters. The molecule has 0 aliphatic carbocycles. The van der Waals surface area contributed by atoms with Gasteiger partial charge < -0.3 is 15.0 Å². The van der Waals surface area contributed by atoms with Crippen LogP contribution in [0.15, 0.2) is 30.7 Å². The van der Waals surface area contributed by atoms with E-state index < -0.39 is 29.6 Å². The Morgan fingerprint density at radius 1 is 1.08 bits per heavy atom. The van der Waals surface area contributed by atoms with E-state index >= 15 is 0 Å². The highest BCUT2D eigenvalue weighted by Gasteiger charge is 2.37. The van der Waals surface area contributed by atoms with Crippen LogP contribution in [0.4, 0.5) is 31.1 Å². The van der Waals surface area contributed by atoms with E-state index in [0.29, 0.717) is 30.7 Å². The molecule has 0 bridgehead atoms. The molecule has 0 aliphatic heterocycles. The third-order valence-corrected chi connectivity index (χ3v) is 3.33. The Morgan fingerprint density at radius 3 is 2.15 bits per heavy atom. The first-order valence-electron chi connectivity index (χ1n) is 7.22. The van der Waals surface area contributed by atoms with Crippen molar-refractivity contribution in [2.45, 2.75) is 25.2 Å². The van der Waals surface area contributed by atoms with Crippen molar-refractivity contribution in [3.8, 4) is 5.69 Å². The number of primary amides is 1. The second-order valence-corrected chi connectivity index (χ2v) is 5.31. The quantitative estimate of drug-likeness (QED) is 0.630. The van der Waals surface area contributed by atoms with Gasteiger partial charge >= 0.3 is 18.4 Å². The van der Waals surface area contributed by atoms with Crippen molar-refractivity contribution >= 4 is 6.09 Å². The minimum Gasteiger partial charge on any atom is -0.450 e. The van der Waals surface area contributed by atoms with Crippen molar-refractivity contribution in [2.24, 2.45) is 5.73 Å². The number of hydrogen-bond acceptors (Lipinski definition) is 3. The van der Waals surface area contributed by atoms with Crippen LogP contribution < -0.4 is 5.73 Å². The van der Waals surface area contributed by atoms with E-state index in [2.05, 4.69) is 9.72 Å². The summed E-state index contributed by atoms with van der Waals surface area (Å²) in [5, 5.41) is 0. The number of hydrogen-bond donors (Lipinski definition) is 1. The lowest BCUT2D eigenvalue weighted by Crippen LogP contribution is -2.14. The van der Waals surface area contributed by atoms with Gasteiger partial charge in [0.15, 0.2) is 0 Å². The SMILES string of the molecule is NC(=O)OCCCc1cn(-c2cc(C(F)(F)F)cc(C(F)(F)F)c2)cn1. The monoisotopic (exact) mass is 381 g/mol. The molecule has 2 rings (SSSR count). The first-order chi connectivity index (χ1) is 12.0. The Balaban J connectivity index is 2.26. The number of alkyl halides is 6. The van der Waals surface area contributed by atoms with Crippen LogP contribution in [-0.4, -0.2) is 22.3 Å². The molecule has 2 N–H and O–H groups in total. The van der Waals surface area contributed by atoms with Crippen molar-refractivity contribution in [1.82, 2.24) is 9.55 Å². The highest BCUT2D eigenvalue weighted by Crippen LogP contribution is 2.37. The van der Waals surface area contributed by atoms with Crippen LogP contribution in [0.25, 0.3) is 5.69 Å². The zero-order valence-electron chi connectivity index (χ0n) is 13.1. The molecule has 1 amide bonds. The standard InChI is InChI=1S/C15H13F6N3O2/c16-14(17,18)9-4-10(15(19,20)21)6-12(5-9)24-7-11(23-8-24)2-1-3-26-13(22)25/h4-8H,1-3H2,(H2,22,25). The van der Waals surface area contributed by atoms with Crippen LogP contribution in [0.3, 0.4) is 0 Å². The van der Waals surface area contributed by atoms with Crippen molar-refractivity contribution in [3.05, 3.63) is 47.5 Å². The van der Waals surface area contributed by atoms with Gasteiger partial charge in [0.05, 0.1) is 29.8 Å². The molecule has 1 aromatic heterocycles. The zero-order chi connectivity index (χ0) is 19.5. The highest BCUT2D eigenvalue weighted by molar-refractivity contribution is 5.64. The predicted octanol–water partition coefficient (Wildman–Crippen LogP) is 3.94. The van der Waals surface area contributed by atoms with Crippen molar-refractivity contribution in [2.75, 3.05) is 6.61 Å². The molecule has 0 atom stereocenters. The molecule has 1 aromatic carbocycles. The Morgan fingerprint density at radius 2 is 1.65 bits per heavy atom. The summed E-state index contributed by atoms with van der Waals surface area (Å²) in [6, 6.07) is 1.27. The van der Waals surface area contributed by atoms with Gasteiger partial charge in [0.25, 0.3) is 0 Å². The molecule has 0 fully saturated rings. The number of ether oxygens (including phenoxy) is 1. The molecular formula is C15H13F6N3O2. The van der Waals surface area contributed by atoms with Gasteiger partial charge in [-0.05, 0) is 31.0 Å². The molecule has 0 aliphatic rings. The number of carbonyl (C=O) groups excluding carboxylic acids is 1. The summed E-state index contributed by atoms with van der Waals surface area (Å²) in [7, 11) is 0.